The van der Waals surface area contributed by atoms with Crippen LogP contribution in [0.4, 0.5) is 5.69 Å². The largest absolute Gasteiger partial charge is 0.507 e. The van der Waals surface area contributed by atoms with Crippen molar-refractivity contribution in [3.63, 3.8) is 0 Å². The summed E-state index contributed by atoms with van der Waals surface area (Å²) in [7, 11) is 0. The molecule has 0 spiro atoms. The van der Waals surface area contributed by atoms with Crippen molar-refractivity contribution in [1.29, 1.82) is 0 Å². The molecule has 0 aliphatic carbocycles. The van der Waals surface area contributed by atoms with E-state index in [4.69, 9.17) is 32.7 Å². The van der Waals surface area contributed by atoms with E-state index in [1.807, 2.05) is 6.92 Å². The number of benzene rings is 1. The molecule has 0 amide bonds. The number of nitrogens with one attached hydrogen (secondary N) is 1. The molecule has 2 N–H and O–H groups in total. The van der Waals surface area contributed by atoms with Gasteiger partial charge < -0.3 is 19.3 Å². The van der Waals surface area contributed by atoms with Gasteiger partial charge in [-0.05, 0) is 43.5 Å². The van der Waals surface area contributed by atoms with Crippen LogP contribution in [0.2, 0.25) is 9.36 Å². The average Bonchev–Trinajstić information content (AvgIpc) is 3.03. The zero-order valence-corrected chi connectivity index (χ0v) is 19.0. The van der Waals surface area contributed by atoms with E-state index in [2.05, 4.69) is 9.62 Å². The predicted octanol–water partition coefficient (Wildman–Crippen LogP) is 5.15. The molecule has 0 radical (unpaired) electrons. The van der Waals surface area contributed by atoms with Gasteiger partial charge in [0.25, 0.3) is 0 Å². The Kier molecular flexibility index (Phi) is 8.35. The minimum absolute atomic E-state index is 0.136. The second-order valence-electron chi connectivity index (χ2n) is 6.58. The Morgan fingerprint density at radius 2 is 2.14 bits per heavy atom. The predicted molar refractivity (Wildman–Crippen MR) is 119 cm³/mol. The summed E-state index contributed by atoms with van der Waals surface area (Å²) in [5, 5.41) is 10.7. The molecular weight excluding hydrogens is 455 g/mol. The van der Waals surface area contributed by atoms with Crippen LogP contribution < -0.4 is 4.72 Å². The molecule has 6 nitrogen and oxygen atoms in total. The smallest absolute Gasteiger partial charge is 0.342 e. The molecular formula is C19H22Cl2N2O4S2. The molecule has 3 rings (SSSR count). The zero-order chi connectivity index (χ0) is 20.8. The first-order chi connectivity index (χ1) is 13.9. The molecule has 2 heterocycles. The number of morpholine rings is 1. The van der Waals surface area contributed by atoms with E-state index in [0.717, 1.165) is 43.5 Å². The number of anilines is 1. The highest BCUT2D eigenvalue weighted by atomic mass is 35.5. The number of esters is 1. The Bertz CT molecular complexity index is 824. The van der Waals surface area contributed by atoms with Crippen LogP contribution in [0.5, 0.6) is 5.75 Å². The first kappa shape index (κ1) is 22.5. The summed E-state index contributed by atoms with van der Waals surface area (Å²) in [6, 6.07) is 6.50. The lowest BCUT2D eigenvalue weighted by Crippen LogP contribution is -2.38. The monoisotopic (exact) mass is 476 g/mol. The van der Waals surface area contributed by atoms with E-state index in [1.54, 1.807) is 18.2 Å². The Morgan fingerprint density at radius 1 is 1.38 bits per heavy atom. The third-order valence-corrected chi connectivity index (χ3v) is 7.19. The summed E-state index contributed by atoms with van der Waals surface area (Å²) in [5.41, 5.74) is 0.783. The number of aromatic hydroxyl groups is 1. The maximum Gasteiger partial charge on any atom is 0.342 e. The summed E-state index contributed by atoms with van der Waals surface area (Å²) >= 11 is 14.6. The number of ether oxygens (including phenoxy) is 2. The second-order valence-corrected chi connectivity index (χ2v) is 9.75. The fourth-order valence-corrected chi connectivity index (χ4v) is 5.12. The van der Waals surface area contributed by atoms with Gasteiger partial charge in [0.1, 0.15) is 21.8 Å². The van der Waals surface area contributed by atoms with E-state index in [9.17, 15) is 9.90 Å². The lowest BCUT2D eigenvalue weighted by molar-refractivity contribution is 0.0169. The molecule has 1 atom stereocenters. The highest BCUT2D eigenvalue weighted by Gasteiger charge is 2.18. The fraction of sp³-hybridized carbons (Fsp3) is 0.421. The molecule has 1 aliphatic heterocycles. The molecule has 29 heavy (non-hydrogen) atoms. The molecule has 1 aliphatic rings. The summed E-state index contributed by atoms with van der Waals surface area (Å²) in [6.07, 6.45) is 0.487. The van der Waals surface area contributed by atoms with Crippen molar-refractivity contribution in [2.24, 2.45) is 0 Å². The summed E-state index contributed by atoms with van der Waals surface area (Å²) in [5.74, 6) is -0.670. The van der Waals surface area contributed by atoms with Gasteiger partial charge in [-0.15, -0.1) is 11.3 Å². The summed E-state index contributed by atoms with van der Waals surface area (Å²) in [4.78, 5) is 14.7. The lowest BCUT2D eigenvalue weighted by atomic mass is 10.2. The second kappa shape index (κ2) is 10.7. The number of hydrogen-bond acceptors (Lipinski definition) is 8. The van der Waals surface area contributed by atoms with Crippen LogP contribution in [-0.4, -0.2) is 54.9 Å². The van der Waals surface area contributed by atoms with Gasteiger partial charge in [0.2, 0.25) is 0 Å². The van der Waals surface area contributed by atoms with Crippen LogP contribution in [-0.2, 0) is 9.47 Å². The maximum absolute atomic E-state index is 12.4. The van der Waals surface area contributed by atoms with E-state index >= 15 is 0 Å². The Labute approximate surface area is 188 Å². The highest BCUT2D eigenvalue weighted by Crippen LogP contribution is 2.38. The van der Waals surface area contributed by atoms with Crippen molar-refractivity contribution in [1.82, 2.24) is 4.90 Å². The lowest BCUT2D eigenvalue weighted by Gasteiger charge is -2.27. The van der Waals surface area contributed by atoms with Crippen LogP contribution in [0, 0.1) is 0 Å². The molecule has 158 valence electrons. The van der Waals surface area contributed by atoms with Gasteiger partial charge in [0.15, 0.2) is 0 Å². The number of phenolic OH excluding ortho intramolecular Hbond substituents is 1. The average molecular weight is 477 g/mol. The van der Waals surface area contributed by atoms with Gasteiger partial charge >= 0.3 is 5.97 Å². The number of rotatable bonds is 8. The van der Waals surface area contributed by atoms with Gasteiger partial charge in [0, 0.05) is 31.4 Å². The van der Waals surface area contributed by atoms with Crippen molar-refractivity contribution >= 4 is 58.1 Å². The van der Waals surface area contributed by atoms with Crippen LogP contribution in [0.1, 0.15) is 23.7 Å². The summed E-state index contributed by atoms with van der Waals surface area (Å²) < 4.78 is 15.3. The number of nitrogens with zero attached hydrogens (tertiary/aromatic N) is 1. The van der Waals surface area contributed by atoms with E-state index in [0.29, 0.717) is 15.0 Å². The minimum Gasteiger partial charge on any atom is -0.507 e. The molecule has 0 bridgehead atoms. The van der Waals surface area contributed by atoms with Gasteiger partial charge in [0.05, 0.1) is 22.4 Å². The van der Waals surface area contributed by atoms with Crippen molar-refractivity contribution in [2.45, 2.75) is 23.7 Å². The standard InChI is InChI=1S/C19H22Cl2N2O4S2/c1-12(4-5-23-6-8-26-9-7-23)27-19(25)14-3-2-13(10-16(14)24)22-29-17-11-15(20)18(21)28-17/h2-3,10-12,22,24H,4-9H2,1H3. The van der Waals surface area contributed by atoms with Gasteiger partial charge in [-0.2, -0.15) is 0 Å². The Hall–Kier alpha value is -1.16. The number of phenols is 1. The van der Waals surface area contributed by atoms with Crippen LogP contribution in [0.3, 0.4) is 0 Å². The summed E-state index contributed by atoms with van der Waals surface area (Å²) in [6.45, 7) is 6.00. The van der Waals surface area contributed by atoms with E-state index in [-0.39, 0.29) is 17.4 Å². The molecule has 1 aromatic carbocycles. The quantitative estimate of drug-likeness (QED) is 0.403. The molecule has 1 aromatic heterocycles. The first-order valence-corrected chi connectivity index (χ1v) is 11.5. The molecule has 0 saturated carbocycles. The molecule has 1 unspecified atom stereocenters. The van der Waals surface area contributed by atoms with Crippen molar-refractivity contribution in [3.05, 3.63) is 39.2 Å². The zero-order valence-electron chi connectivity index (χ0n) is 15.8. The number of halogens is 2. The third kappa shape index (κ3) is 6.67. The molecule has 2 aromatic rings. The molecule has 1 saturated heterocycles. The topological polar surface area (TPSA) is 71.0 Å². The van der Waals surface area contributed by atoms with Crippen molar-refractivity contribution < 1.29 is 19.4 Å². The number of thiophene rings is 1. The van der Waals surface area contributed by atoms with Crippen LogP contribution in [0.15, 0.2) is 28.5 Å². The van der Waals surface area contributed by atoms with Gasteiger partial charge in [-0.1, -0.05) is 23.2 Å². The Balaban J connectivity index is 1.49. The number of hydrogen-bond donors (Lipinski definition) is 2. The van der Waals surface area contributed by atoms with E-state index in [1.165, 1.54) is 29.4 Å². The molecule has 10 heteroatoms. The number of carbonyl (C=O) groups is 1. The van der Waals surface area contributed by atoms with E-state index < -0.39 is 5.97 Å². The van der Waals surface area contributed by atoms with Crippen molar-refractivity contribution in [2.75, 3.05) is 37.6 Å². The normalized spacial score (nSPS) is 15.8. The number of carbonyl (C=O) groups excluding carboxylic acids is 1. The maximum atomic E-state index is 12.4. The first-order valence-electron chi connectivity index (χ1n) is 9.14. The third-order valence-electron chi connectivity index (χ3n) is 4.37. The highest BCUT2D eigenvalue weighted by molar-refractivity contribution is 8.02. The van der Waals surface area contributed by atoms with Gasteiger partial charge in [-0.3, -0.25) is 4.90 Å². The fourth-order valence-electron chi connectivity index (χ4n) is 2.75. The minimum atomic E-state index is -0.534. The van der Waals surface area contributed by atoms with Gasteiger partial charge in [-0.25, -0.2) is 4.79 Å². The Morgan fingerprint density at radius 3 is 2.79 bits per heavy atom. The van der Waals surface area contributed by atoms with Crippen molar-refractivity contribution in [3.8, 4) is 5.75 Å². The molecule has 1 fully saturated rings. The SMILES string of the molecule is CC(CCN1CCOCC1)OC(=O)c1ccc(NSc2cc(Cl)c(Cl)s2)cc1O. The van der Waals surface area contributed by atoms with Crippen LogP contribution in [0.25, 0.3) is 0 Å². The van der Waals surface area contributed by atoms with Crippen LogP contribution >= 0.6 is 46.5 Å².